The van der Waals surface area contributed by atoms with Gasteiger partial charge >= 0.3 is 0 Å². The molecule has 4 heterocycles. The molecule has 4 aromatic carbocycles. The van der Waals surface area contributed by atoms with E-state index in [1.165, 1.54) is 19.3 Å². The van der Waals surface area contributed by atoms with Crippen molar-refractivity contribution in [1.29, 1.82) is 0 Å². The fourth-order valence-corrected chi connectivity index (χ4v) is 9.65. The van der Waals surface area contributed by atoms with Gasteiger partial charge in [-0.25, -0.2) is 4.98 Å². The molecule has 307 valence electrons. The normalized spacial score (nSPS) is 15.3. The molecule has 0 amide bonds. The zero-order chi connectivity index (χ0) is 43.6. The van der Waals surface area contributed by atoms with Crippen LogP contribution >= 0.6 is 0 Å². The van der Waals surface area contributed by atoms with E-state index in [2.05, 4.69) is 91.1 Å². The summed E-state index contributed by atoms with van der Waals surface area (Å²) in [6, 6.07) is 45.3. The average molecular weight is 985 g/mol. The molecule has 1 aliphatic rings. The summed E-state index contributed by atoms with van der Waals surface area (Å²) in [5.41, 5.74) is 10.9. The van der Waals surface area contributed by atoms with Crippen molar-refractivity contribution in [2.24, 2.45) is 11.8 Å². The molecule has 0 spiro atoms. The molecule has 1 saturated carbocycles. The summed E-state index contributed by atoms with van der Waals surface area (Å²) in [5, 5.41) is 3.08. The van der Waals surface area contributed by atoms with Crippen molar-refractivity contribution in [2.45, 2.75) is 84.8 Å². The summed E-state index contributed by atoms with van der Waals surface area (Å²) in [6.07, 6.45) is 10.2. The van der Waals surface area contributed by atoms with Crippen LogP contribution in [0.15, 0.2) is 138 Å². The third-order valence-corrected chi connectivity index (χ3v) is 13.4. The molecule has 1 unspecified atom stereocenters. The summed E-state index contributed by atoms with van der Waals surface area (Å²) in [7, 11) is -1.73. The van der Waals surface area contributed by atoms with Crippen molar-refractivity contribution in [3.63, 3.8) is 0 Å². The van der Waals surface area contributed by atoms with Gasteiger partial charge in [-0.3, -0.25) is 0 Å². The Labute approximate surface area is 375 Å². The first kappa shape index (κ1) is 39.2. The van der Waals surface area contributed by atoms with Crippen LogP contribution in [0.2, 0.25) is 19.6 Å². The number of furan rings is 1. The van der Waals surface area contributed by atoms with Crippen LogP contribution in [-0.2, 0) is 26.5 Å². The van der Waals surface area contributed by atoms with Crippen LogP contribution in [0.5, 0.6) is 0 Å². The molecule has 4 nitrogen and oxygen atoms in total. The van der Waals surface area contributed by atoms with Gasteiger partial charge in [-0.1, -0.05) is 155 Å². The van der Waals surface area contributed by atoms with E-state index in [-0.39, 0.29) is 26.0 Å². The molecule has 0 aliphatic heterocycles. The van der Waals surface area contributed by atoms with Gasteiger partial charge in [-0.05, 0) is 76.8 Å². The number of hydrogen-bond acceptors (Lipinski definition) is 4. The molecule has 0 saturated heterocycles. The average Bonchev–Trinajstić information content (AvgIpc) is 3.68. The van der Waals surface area contributed by atoms with Gasteiger partial charge in [0.15, 0.2) is 0 Å². The van der Waals surface area contributed by atoms with Gasteiger partial charge in [0.1, 0.15) is 0 Å². The third kappa shape index (κ3) is 9.79. The maximum absolute atomic E-state index is 9.21. The molecule has 6 heteroatoms. The van der Waals surface area contributed by atoms with E-state index in [0.29, 0.717) is 11.6 Å². The van der Waals surface area contributed by atoms with E-state index < -0.39 is 20.3 Å². The molecule has 4 aromatic heterocycles. The van der Waals surface area contributed by atoms with E-state index in [4.69, 9.17) is 12.1 Å². The monoisotopic (exact) mass is 985 g/mol. The topological polar surface area (TPSA) is 51.8 Å². The summed E-state index contributed by atoms with van der Waals surface area (Å²) < 4.78 is 32.9. The summed E-state index contributed by atoms with van der Waals surface area (Å²) in [4.78, 5) is 14.0. The van der Waals surface area contributed by atoms with Gasteiger partial charge < -0.3 is 14.4 Å². The predicted octanol–water partition coefficient (Wildman–Crippen LogP) is 14.2. The smallest absolute Gasteiger partial charge is 0.216 e. The molecule has 1 aliphatic carbocycles. The van der Waals surface area contributed by atoms with Crippen LogP contribution in [0.1, 0.15) is 74.0 Å². The summed E-state index contributed by atoms with van der Waals surface area (Å²) in [6.45, 7) is 12.7. The minimum Gasteiger partial charge on any atom is -0.486 e. The molecule has 0 bridgehead atoms. The molecule has 1 radical (unpaired) electrons. The number of nitrogens with zero attached hydrogens (tertiary/aromatic N) is 3. The Balaban J connectivity index is 0.000000190. The maximum atomic E-state index is 9.21. The first-order valence-corrected chi connectivity index (χ1v) is 24.6. The van der Waals surface area contributed by atoms with Crippen molar-refractivity contribution in [3.8, 4) is 44.8 Å². The number of benzene rings is 4. The van der Waals surface area contributed by atoms with E-state index in [1.54, 1.807) is 0 Å². The zero-order valence-electron chi connectivity index (χ0n) is 38.5. The van der Waals surface area contributed by atoms with Crippen LogP contribution in [-0.4, -0.2) is 23.0 Å². The predicted molar refractivity (Wildman–Crippen MR) is 249 cm³/mol. The second-order valence-electron chi connectivity index (χ2n) is 17.1. The Hall–Kier alpha value is -5.00. The molecule has 1 fully saturated rings. The number of aromatic nitrogens is 3. The fraction of sp³-hybridized carbons (Fsp3) is 0.278. The van der Waals surface area contributed by atoms with Gasteiger partial charge in [0, 0.05) is 53.8 Å². The number of pyridine rings is 3. The van der Waals surface area contributed by atoms with E-state index in [1.807, 2.05) is 105 Å². The molecular weight excluding hydrogens is 927 g/mol. The summed E-state index contributed by atoms with van der Waals surface area (Å²) in [5.74, 6) is -0.369. The Bertz CT molecular complexity index is 2810. The van der Waals surface area contributed by atoms with E-state index in [0.717, 1.165) is 90.3 Å². The minimum atomic E-state index is -1.73. The standard InChI is InChI=1S/C30H27N2O.C24H28NSi.Ir/c1-20(21-9-4-2-5-10-21)23-15-16-31-28(18-23)26-14-8-13-25-27-17-24(22-11-6-3-7-12-22)19-32-30(27)33-29(25)26;1-18(2)14-22-16-23(25-17-24(22)26(3,4)5)21-13-9-12-20(15-21)19-10-7-6-8-11-19;/h3,6-8,11-13,15-21H,2,4-5,9-10H2,1H3;6-12,15-18H,14H2,1-5H3;/q2*-1;/i20D;14D2;. The van der Waals surface area contributed by atoms with Crippen LogP contribution in [0, 0.1) is 24.0 Å². The van der Waals surface area contributed by atoms with E-state index >= 15 is 0 Å². The number of hydrogen-bond donors (Lipinski definition) is 0. The Kier molecular flexibility index (Phi) is 12.5. The Morgan fingerprint density at radius 2 is 1.42 bits per heavy atom. The minimum absolute atomic E-state index is 0. The second-order valence-corrected chi connectivity index (χ2v) is 22.1. The van der Waals surface area contributed by atoms with Crippen LogP contribution < -0.4 is 5.19 Å². The quantitative estimate of drug-likeness (QED) is 0.107. The molecule has 9 rings (SSSR count). The Morgan fingerprint density at radius 3 is 2.12 bits per heavy atom. The number of fused-ring (bicyclic) bond motifs is 3. The Morgan fingerprint density at radius 1 is 0.717 bits per heavy atom. The van der Waals surface area contributed by atoms with E-state index in [9.17, 15) is 1.37 Å². The van der Waals surface area contributed by atoms with Gasteiger partial charge in [0.25, 0.3) is 0 Å². The molecule has 60 heavy (non-hydrogen) atoms. The SMILES string of the molecule is [2H]C(C)(c1ccnc(-c2[c-]ccc3c2oc2ncc(-c4ccccc4)cc23)c1)C1CCCCC1.[2H]C([2H])(c1cc(-c2[c-]ccc(-c3ccccc3)c2)ncc1[Si](C)(C)C)C(C)C.[Ir]. The van der Waals surface area contributed by atoms with Crippen LogP contribution in [0.25, 0.3) is 66.8 Å². The van der Waals surface area contributed by atoms with Crippen molar-refractivity contribution >= 4 is 35.3 Å². The molecule has 8 aromatic rings. The first-order valence-electron chi connectivity index (χ1n) is 22.6. The van der Waals surface area contributed by atoms with Gasteiger partial charge in [0.2, 0.25) is 5.71 Å². The number of rotatable bonds is 9. The van der Waals surface area contributed by atoms with Crippen molar-refractivity contribution in [3.05, 3.63) is 157 Å². The fourth-order valence-electron chi connectivity index (χ4n) is 8.24. The maximum Gasteiger partial charge on any atom is 0.216 e. The van der Waals surface area contributed by atoms with Gasteiger partial charge in [-0.2, -0.15) is 0 Å². The molecule has 1 atom stereocenters. The van der Waals surface area contributed by atoms with Crippen molar-refractivity contribution in [2.75, 3.05) is 0 Å². The zero-order valence-corrected chi connectivity index (χ0v) is 38.9. The van der Waals surface area contributed by atoms with Crippen molar-refractivity contribution < 1.29 is 28.6 Å². The van der Waals surface area contributed by atoms with Crippen LogP contribution in [0.4, 0.5) is 0 Å². The van der Waals surface area contributed by atoms with Gasteiger partial charge in [0.05, 0.1) is 13.7 Å². The van der Waals surface area contributed by atoms with Crippen LogP contribution in [0.3, 0.4) is 0 Å². The van der Waals surface area contributed by atoms with Gasteiger partial charge in [-0.15, -0.1) is 53.6 Å². The van der Waals surface area contributed by atoms with Crippen molar-refractivity contribution in [1.82, 2.24) is 15.0 Å². The molecule has 0 N–H and O–H groups in total. The molecular formula is C54H55IrN3OSi-2. The third-order valence-electron chi connectivity index (χ3n) is 11.4. The summed E-state index contributed by atoms with van der Waals surface area (Å²) >= 11 is 0. The second kappa shape index (κ2) is 19.1. The first-order chi connectivity index (χ1) is 29.7. The largest absolute Gasteiger partial charge is 0.486 e.